The highest BCUT2D eigenvalue weighted by atomic mass is 16.5. The summed E-state index contributed by atoms with van der Waals surface area (Å²) in [5.74, 6) is 0.489. The van der Waals surface area contributed by atoms with Crippen molar-refractivity contribution in [1.82, 2.24) is 0 Å². The van der Waals surface area contributed by atoms with Gasteiger partial charge in [-0.3, -0.25) is 4.79 Å². The molecule has 3 aromatic carbocycles. The molecule has 0 saturated carbocycles. The topological polar surface area (TPSA) is 94.5 Å². The van der Waals surface area contributed by atoms with Gasteiger partial charge in [-0.25, -0.2) is 0 Å². The van der Waals surface area contributed by atoms with Crippen LogP contribution in [-0.4, -0.2) is 44.1 Å². The number of unbranched alkanes of at least 4 members (excludes halogenated alkanes) is 6. The molecule has 0 aliphatic rings. The van der Waals surface area contributed by atoms with Crippen LogP contribution in [0.3, 0.4) is 0 Å². The fraction of sp³-hybridized carbons (Fsp3) is 0.424. The zero-order chi connectivity index (χ0) is 29.1. The number of phenolic OH excluding ortho intramolecular Hbond substituents is 2. The molecule has 0 aliphatic carbocycles. The molecule has 0 saturated heterocycles. The first-order valence-corrected chi connectivity index (χ1v) is 13.9. The summed E-state index contributed by atoms with van der Waals surface area (Å²) in [5, 5.41) is 23.0. The van der Waals surface area contributed by atoms with Gasteiger partial charge in [0.1, 0.15) is 5.75 Å². The molecule has 0 amide bonds. The van der Waals surface area contributed by atoms with Crippen molar-refractivity contribution in [2.24, 2.45) is 0 Å². The molecule has 2 N–H and O–H groups in total. The first-order chi connectivity index (χ1) is 19.3. The Bertz CT molecular complexity index is 1310. The van der Waals surface area contributed by atoms with Gasteiger partial charge in [0.25, 0.3) is 0 Å². The van der Waals surface area contributed by atoms with Gasteiger partial charge in [-0.2, -0.15) is 0 Å². The zero-order valence-electron chi connectivity index (χ0n) is 24.3. The lowest BCUT2D eigenvalue weighted by atomic mass is 9.98. The van der Waals surface area contributed by atoms with Crippen molar-refractivity contribution in [3.63, 3.8) is 0 Å². The van der Waals surface area contributed by atoms with E-state index in [-0.39, 0.29) is 34.9 Å². The third kappa shape index (κ3) is 7.62. The Morgan fingerprint density at radius 3 is 2.15 bits per heavy atom. The summed E-state index contributed by atoms with van der Waals surface area (Å²) in [6.45, 7) is 4.06. The van der Waals surface area contributed by atoms with Crippen molar-refractivity contribution in [3.8, 4) is 28.7 Å². The van der Waals surface area contributed by atoms with E-state index in [2.05, 4.69) is 0 Å². The molecule has 1 unspecified atom stereocenters. The van der Waals surface area contributed by atoms with E-state index in [1.165, 1.54) is 14.2 Å². The maximum Gasteiger partial charge on any atom is 0.313 e. The normalized spacial score (nSPS) is 12.0. The van der Waals surface area contributed by atoms with Crippen LogP contribution in [0.25, 0.3) is 16.8 Å². The smallest absolute Gasteiger partial charge is 0.313 e. The Labute approximate surface area is 237 Å². The van der Waals surface area contributed by atoms with Crippen molar-refractivity contribution in [2.45, 2.75) is 64.7 Å². The molecule has 0 aliphatic heterocycles. The van der Waals surface area contributed by atoms with Crippen LogP contribution in [0.2, 0.25) is 0 Å². The second-order valence-corrected chi connectivity index (χ2v) is 9.98. The van der Waals surface area contributed by atoms with Crippen molar-refractivity contribution >= 4 is 22.8 Å². The minimum atomic E-state index is -0.312. The monoisotopic (exact) mass is 550 g/mol. The first kappa shape index (κ1) is 30.7. The molecule has 0 aromatic heterocycles. The Morgan fingerprint density at radius 2 is 1.45 bits per heavy atom. The highest BCUT2D eigenvalue weighted by Gasteiger charge is 2.21. The van der Waals surface area contributed by atoms with Crippen LogP contribution in [0.1, 0.15) is 74.5 Å². The molecule has 40 heavy (non-hydrogen) atoms. The summed E-state index contributed by atoms with van der Waals surface area (Å²) >= 11 is 0. The average Bonchev–Trinajstić information content (AvgIpc) is 2.97. The van der Waals surface area contributed by atoms with Gasteiger partial charge >= 0.3 is 5.97 Å². The van der Waals surface area contributed by atoms with E-state index in [4.69, 9.17) is 18.9 Å². The number of hydrogen-bond acceptors (Lipinski definition) is 7. The van der Waals surface area contributed by atoms with Gasteiger partial charge in [0.15, 0.2) is 11.5 Å². The zero-order valence-corrected chi connectivity index (χ0v) is 24.3. The maximum atomic E-state index is 12.6. The molecule has 0 fully saturated rings. The molecular weight excluding hydrogens is 508 g/mol. The van der Waals surface area contributed by atoms with Gasteiger partial charge in [0.05, 0.1) is 33.9 Å². The van der Waals surface area contributed by atoms with Crippen molar-refractivity contribution < 1.29 is 34.0 Å². The summed E-state index contributed by atoms with van der Waals surface area (Å²) in [6.07, 6.45) is 10.9. The number of allylic oxidation sites excluding steroid dienone is 1. The van der Waals surface area contributed by atoms with E-state index in [9.17, 15) is 15.0 Å². The number of carbonyl (C=O) groups is 1. The van der Waals surface area contributed by atoms with Crippen molar-refractivity contribution in [2.75, 3.05) is 27.9 Å². The van der Waals surface area contributed by atoms with Crippen molar-refractivity contribution in [3.05, 3.63) is 59.2 Å². The predicted molar refractivity (Wildman–Crippen MR) is 159 cm³/mol. The number of aromatic hydroxyl groups is 2. The second-order valence-electron chi connectivity index (χ2n) is 9.98. The summed E-state index contributed by atoms with van der Waals surface area (Å²) in [7, 11) is 4.50. The van der Waals surface area contributed by atoms with E-state index in [1.807, 2.05) is 55.5 Å². The molecule has 0 bridgehead atoms. The third-order valence-corrected chi connectivity index (χ3v) is 7.28. The molecule has 7 heteroatoms. The van der Waals surface area contributed by atoms with E-state index in [0.717, 1.165) is 67.0 Å². The highest BCUT2D eigenvalue weighted by molar-refractivity contribution is 5.86. The number of benzene rings is 3. The van der Waals surface area contributed by atoms with Crippen LogP contribution >= 0.6 is 0 Å². The van der Waals surface area contributed by atoms with Crippen LogP contribution < -0.4 is 14.2 Å². The van der Waals surface area contributed by atoms with E-state index >= 15 is 0 Å². The van der Waals surface area contributed by atoms with Crippen LogP contribution in [0.4, 0.5) is 0 Å². The number of methoxy groups -OCH3 is 3. The number of esters is 1. The standard InChI is InChI=1S/C33H42O7/c1-22(24-15-16-26-21-27(37-3)18-17-25(26)20-24)33(36)40-19-13-11-9-7-6-8-10-12-14-28-23(2)29(34)31(38-4)32(39-5)30(28)35/h12,14-18,20-22,34-35H,6-11,13,19H2,1-5H3/b14-12+. The third-order valence-electron chi connectivity index (χ3n) is 7.28. The number of phenols is 2. The van der Waals surface area contributed by atoms with Crippen LogP contribution in [0.15, 0.2) is 42.5 Å². The quantitative estimate of drug-likeness (QED) is 0.114. The number of fused-ring (bicyclic) bond motifs is 1. The van der Waals surface area contributed by atoms with Gasteiger partial charge < -0.3 is 29.2 Å². The minimum absolute atomic E-state index is 0.0352. The second kappa shape index (κ2) is 15.1. The molecule has 1 atom stereocenters. The molecule has 0 radical (unpaired) electrons. The molecule has 3 aromatic rings. The Morgan fingerprint density at radius 1 is 0.825 bits per heavy atom. The largest absolute Gasteiger partial charge is 0.504 e. The molecule has 7 nitrogen and oxygen atoms in total. The summed E-state index contributed by atoms with van der Waals surface area (Å²) in [5.41, 5.74) is 2.02. The molecular formula is C33H42O7. The predicted octanol–water partition coefficient (Wildman–Crippen LogP) is 7.68. The summed E-state index contributed by atoms with van der Waals surface area (Å²) < 4.78 is 21.2. The van der Waals surface area contributed by atoms with Gasteiger partial charge in [-0.05, 0) is 61.6 Å². The van der Waals surface area contributed by atoms with Crippen LogP contribution in [-0.2, 0) is 9.53 Å². The lowest BCUT2D eigenvalue weighted by Crippen LogP contribution is -2.14. The van der Waals surface area contributed by atoms with Crippen LogP contribution in [0.5, 0.6) is 28.7 Å². The van der Waals surface area contributed by atoms with Gasteiger partial charge in [-0.15, -0.1) is 0 Å². The number of carbonyl (C=O) groups excluding carboxylic acids is 1. The summed E-state index contributed by atoms with van der Waals surface area (Å²) in [6, 6.07) is 11.9. The lowest BCUT2D eigenvalue weighted by Gasteiger charge is -2.16. The Kier molecular flexibility index (Phi) is 11.5. The first-order valence-electron chi connectivity index (χ1n) is 13.9. The lowest BCUT2D eigenvalue weighted by molar-refractivity contribution is -0.145. The van der Waals surface area contributed by atoms with Crippen LogP contribution in [0, 0.1) is 6.92 Å². The number of hydrogen-bond donors (Lipinski definition) is 2. The fourth-order valence-electron chi connectivity index (χ4n) is 4.74. The van der Waals surface area contributed by atoms with Crippen molar-refractivity contribution in [1.29, 1.82) is 0 Å². The number of rotatable bonds is 15. The molecule has 0 spiro atoms. The van der Waals surface area contributed by atoms with E-state index < -0.39 is 0 Å². The minimum Gasteiger partial charge on any atom is -0.504 e. The van der Waals surface area contributed by atoms with Gasteiger partial charge in [-0.1, -0.05) is 62.1 Å². The van der Waals surface area contributed by atoms with E-state index in [1.54, 1.807) is 14.0 Å². The highest BCUT2D eigenvalue weighted by Crippen LogP contribution is 2.48. The van der Waals surface area contributed by atoms with Gasteiger partial charge in [0.2, 0.25) is 11.5 Å². The van der Waals surface area contributed by atoms with E-state index in [0.29, 0.717) is 17.7 Å². The average molecular weight is 551 g/mol. The number of ether oxygens (including phenoxy) is 4. The SMILES string of the molecule is COc1ccc2cc(C(C)C(=O)OCCCCCCCC/C=C/c3c(C)c(O)c(OC)c(OC)c3O)ccc2c1. The molecule has 216 valence electrons. The Hall–Kier alpha value is -3.87. The molecule has 3 rings (SSSR count). The fourth-order valence-corrected chi connectivity index (χ4v) is 4.74. The maximum absolute atomic E-state index is 12.6. The molecule has 0 heterocycles. The Balaban J connectivity index is 1.32. The van der Waals surface area contributed by atoms with Gasteiger partial charge in [0, 0.05) is 11.1 Å². The summed E-state index contributed by atoms with van der Waals surface area (Å²) in [4.78, 5) is 12.6.